The number of hydrogen-bond donors (Lipinski definition) is 1. The van der Waals surface area contributed by atoms with Crippen LogP contribution in [0.15, 0.2) is 20.1 Å². The first-order chi connectivity index (χ1) is 8.51. The molecule has 0 amide bonds. The minimum atomic E-state index is -3.34. The number of thiophene rings is 1. The summed E-state index contributed by atoms with van der Waals surface area (Å²) in [4.78, 5) is 0. The first-order valence-corrected chi connectivity index (χ1v) is 10.2. The van der Waals surface area contributed by atoms with Crippen LogP contribution >= 0.6 is 39.0 Å². The molecule has 1 aliphatic rings. The fourth-order valence-corrected chi connectivity index (χ4v) is 6.32. The van der Waals surface area contributed by atoms with Gasteiger partial charge in [-0.05, 0) is 53.6 Å². The normalized spacial score (nSPS) is 25.2. The summed E-state index contributed by atoms with van der Waals surface area (Å²) in [6.45, 7) is 0. The summed E-state index contributed by atoms with van der Waals surface area (Å²) in [6.07, 6.45) is 6.28. The fourth-order valence-electron chi connectivity index (χ4n) is 2.19. The highest BCUT2D eigenvalue weighted by Gasteiger charge is 2.26. The van der Waals surface area contributed by atoms with E-state index in [9.17, 15) is 8.42 Å². The summed E-state index contributed by atoms with van der Waals surface area (Å²) in [5.41, 5.74) is 0. The molecule has 2 atom stereocenters. The van der Waals surface area contributed by atoms with Crippen LogP contribution in [0.25, 0.3) is 0 Å². The molecule has 1 N–H and O–H groups in total. The molecule has 7 heteroatoms. The fraction of sp³-hybridized carbons (Fsp3) is 0.636. The van der Waals surface area contributed by atoms with Gasteiger partial charge in [0.15, 0.2) is 0 Å². The van der Waals surface area contributed by atoms with Crippen LogP contribution < -0.4 is 4.72 Å². The van der Waals surface area contributed by atoms with Gasteiger partial charge in [-0.15, -0.1) is 11.3 Å². The Hall–Kier alpha value is 0.440. The predicted octanol–water partition coefficient (Wildman–Crippen LogP) is 3.46. The molecule has 0 radical (unpaired) electrons. The van der Waals surface area contributed by atoms with Crippen LogP contribution in [-0.2, 0) is 10.0 Å². The number of rotatable bonds is 4. The highest BCUT2D eigenvalue weighted by Crippen LogP contribution is 2.30. The van der Waals surface area contributed by atoms with E-state index in [2.05, 4.69) is 26.9 Å². The minimum Gasteiger partial charge on any atom is -0.207 e. The molecule has 102 valence electrons. The summed E-state index contributed by atoms with van der Waals surface area (Å²) in [6, 6.07) is 3.50. The van der Waals surface area contributed by atoms with Crippen molar-refractivity contribution in [2.75, 3.05) is 6.26 Å². The predicted molar refractivity (Wildman–Crippen MR) is 81.9 cm³/mol. The van der Waals surface area contributed by atoms with Gasteiger partial charge in [-0.1, -0.05) is 6.42 Å². The van der Waals surface area contributed by atoms with Gasteiger partial charge >= 0.3 is 0 Å². The molecule has 1 aliphatic carbocycles. The third kappa shape index (κ3) is 3.72. The van der Waals surface area contributed by atoms with Gasteiger partial charge in [-0.3, -0.25) is 0 Å². The smallest absolute Gasteiger partial charge is 0.207 e. The Morgan fingerprint density at radius 3 is 2.83 bits per heavy atom. The standard InChI is InChI=1S/C11H16BrNO2S3/c1-16-9-4-2-3-8(7-9)13-18(14,15)11-6-5-10(12)17-11/h5-6,8-9,13H,2-4,7H2,1H3. The van der Waals surface area contributed by atoms with Gasteiger partial charge < -0.3 is 0 Å². The molecule has 18 heavy (non-hydrogen) atoms. The van der Waals surface area contributed by atoms with Crippen LogP contribution in [0, 0.1) is 0 Å². The van der Waals surface area contributed by atoms with Crippen molar-refractivity contribution in [3.8, 4) is 0 Å². The van der Waals surface area contributed by atoms with Gasteiger partial charge in [0.1, 0.15) is 4.21 Å². The highest BCUT2D eigenvalue weighted by atomic mass is 79.9. The molecule has 0 aliphatic heterocycles. The summed E-state index contributed by atoms with van der Waals surface area (Å²) in [5.74, 6) is 0. The van der Waals surface area contributed by atoms with E-state index in [1.807, 2.05) is 11.8 Å². The van der Waals surface area contributed by atoms with E-state index in [4.69, 9.17) is 0 Å². The van der Waals surface area contributed by atoms with Gasteiger partial charge in [0.25, 0.3) is 0 Å². The van der Waals surface area contributed by atoms with Crippen molar-refractivity contribution in [3.05, 3.63) is 15.9 Å². The quantitative estimate of drug-likeness (QED) is 0.883. The third-order valence-electron chi connectivity index (χ3n) is 3.09. The van der Waals surface area contributed by atoms with Crippen molar-refractivity contribution in [1.82, 2.24) is 4.72 Å². The van der Waals surface area contributed by atoms with E-state index in [0.29, 0.717) is 9.46 Å². The molecule has 2 unspecified atom stereocenters. The van der Waals surface area contributed by atoms with Crippen LogP contribution in [0.1, 0.15) is 25.7 Å². The van der Waals surface area contributed by atoms with E-state index in [1.54, 1.807) is 12.1 Å². The Morgan fingerprint density at radius 1 is 1.44 bits per heavy atom. The van der Waals surface area contributed by atoms with Gasteiger partial charge in [0, 0.05) is 11.3 Å². The van der Waals surface area contributed by atoms with Crippen LogP contribution in [0.2, 0.25) is 0 Å². The Morgan fingerprint density at radius 2 is 2.22 bits per heavy atom. The molecule has 0 bridgehead atoms. The molecule has 1 aromatic rings. The van der Waals surface area contributed by atoms with Crippen LogP contribution in [-0.4, -0.2) is 26.0 Å². The summed E-state index contributed by atoms with van der Waals surface area (Å²) >= 11 is 6.38. The van der Waals surface area contributed by atoms with Crippen molar-refractivity contribution in [2.45, 2.75) is 41.2 Å². The second-order valence-electron chi connectivity index (χ2n) is 4.40. The van der Waals surface area contributed by atoms with Gasteiger partial charge in [0.2, 0.25) is 10.0 Å². The lowest BCUT2D eigenvalue weighted by Crippen LogP contribution is -2.38. The number of nitrogens with one attached hydrogen (secondary N) is 1. The second kappa shape index (κ2) is 6.26. The maximum Gasteiger partial charge on any atom is 0.250 e. The second-order valence-corrected chi connectivity index (χ2v) is 9.94. The number of hydrogen-bond acceptors (Lipinski definition) is 4. The maximum atomic E-state index is 12.2. The Bertz CT molecular complexity index is 500. The van der Waals surface area contributed by atoms with Crippen molar-refractivity contribution in [1.29, 1.82) is 0 Å². The topological polar surface area (TPSA) is 46.2 Å². The average Bonchev–Trinajstić information content (AvgIpc) is 2.76. The molecule has 1 fully saturated rings. The molecule has 2 rings (SSSR count). The third-order valence-corrected chi connectivity index (χ3v) is 7.83. The monoisotopic (exact) mass is 369 g/mol. The number of halogens is 1. The van der Waals surface area contributed by atoms with Crippen LogP contribution in [0.4, 0.5) is 0 Å². The molecule has 1 aromatic heterocycles. The van der Waals surface area contributed by atoms with E-state index in [0.717, 1.165) is 23.0 Å². The molecular weight excluding hydrogens is 354 g/mol. The Balaban J connectivity index is 2.04. The largest absolute Gasteiger partial charge is 0.250 e. The van der Waals surface area contributed by atoms with E-state index < -0.39 is 10.0 Å². The zero-order valence-electron chi connectivity index (χ0n) is 10.1. The SMILES string of the molecule is CSC1CCCC(NS(=O)(=O)c2ccc(Br)s2)C1. The lowest BCUT2D eigenvalue weighted by molar-refractivity contribution is 0.421. The maximum absolute atomic E-state index is 12.2. The number of sulfonamides is 1. The average molecular weight is 370 g/mol. The summed E-state index contributed by atoms with van der Waals surface area (Å²) in [5, 5.41) is 0.585. The molecule has 1 saturated carbocycles. The van der Waals surface area contributed by atoms with Crippen LogP contribution in [0.3, 0.4) is 0 Å². The van der Waals surface area contributed by atoms with E-state index in [1.165, 1.54) is 17.8 Å². The summed E-state index contributed by atoms with van der Waals surface area (Å²) < 4.78 is 28.4. The molecule has 0 spiro atoms. The highest BCUT2D eigenvalue weighted by molar-refractivity contribution is 9.11. The molecule has 3 nitrogen and oxygen atoms in total. The lowest BCUT2D eigenvalue weighted by atomic mass is 9.96. The Kier molecular flexibility index (Phi) is 5.16. The van der Waals surface area contributed by atoms with E-state index >= 15 is 0 Å². The number of thioether (sulfide) groups is 1. The van der Waals surface area contributed by atoms with Gasteiger partial charge in [-0.25, -0.2) is 13.1 Å². The molecular formula is C11H16BrNO2S3. The zero-order valence-corrected chi connectivity index (χ0v) is 14.1. The summed E-state index contributed by atoms with van der Waals surface area (Å²) in [7, 11) is -3.34. The van der Waals surface area contributed by atoms with Crippen LogP contribution in [0.5, 0.6) is 0 Å². The Labute approximate surface area is 125 Å². The van der Waals surface area contributed by atoms with Crippen molar-refractivity contribution >= 4 is 49.1 Å². The molecule has 1 heterocycles. The van der Waals surface area contributed by atoms with E-state index in [-0.39, 0.29) is 6.04 Å². The first kappa shape index (κ1) is 14.8. The lowest BCUT2D eigenvalue weighted by Gasteiger charge is -2.28. The first-order valence-electron chi connectivity index (χ1n) is 5.82. The zero-order chi connectivity index (χ0) is 13.2. The molecule has 0 aromatic carbocycles. The minimum absolute atomic E-state index is 0.0853. The van der Waals surface area contributed by atoms with Gasteiger partial charge in [0.05, 0.1) is 3.79 Å². The van der Waals surface area contributed by atoms with Crippen molar-refractivity contribution < 1.29 is 8.42 Å². The van der Waals surface area contributed by atoms with Crippen molar-refractivity contribution in [2.24, 2.45) is 0 Å². The molecule has 0 saturated heterocycles. The van der Waals surface area contributed by atoms with Crippen molar-refractivity contribution in [3.63, 3.8) is 0 Å². The van der Waals surface area contributed by atoms with Gasteiger partial charge in [-0.2, -0.15) is 11.8 Å².